The third-order valence-corrected chi connectivity index (χ3v) is 7.29. The third-order valence-electron chi connectivity index (χ3n) is 5.46. The first-order valence-electron chi connectivity index (χ1n) is 9.50. The smallest absolute Gasteiger partial charge is 0.191 e. The van der Waals surface area contributed by atoms with E-state index in [1.807, 2.05) is 18.2 Å². The van der Waals surface area contributed by atoms with Crippen LogP contribution in [0.25, 0.3) is 0 Å². The fourth-order valence-electron chi connectivity index (χ4n) is 3.71. The number of fused-ring (bicyclic) bond motifs is 1. The van der Waals surface area contributed by atoms with Crippen LogP contribution in [0.5, 0.6) is 5.75 Å². The van der Waals surface area contributed by atoms with Gasteiger partial charge in [-0.3, -0.25) is 4.99 Å². The van der Waals surface area contributed by atoms with Gasteiger partial charge in [0.15, 0.2) is 15.8 Å². The minimum atomic E-state index is -2.85. The van der Waals surface area contributed by atoms with Crippen LogP contribution in [0.2, 0.25) is 0 Å². The SMILES string of the molecule is CC(NC(=NCC1CCS(=O)(=O)C1)NC1CC1)C1COc2ccccc21.I. The molecule has 4 rings (SSSR count). The molecule has 6 nitrogen and oxygen atoms in total. The number of nitrogens with zero attached hydrogens (tertiary/aromatic N) is 1. The number of rotatable bonds is 5. The first-order chi connectivity index (χ1) is 12.5. The molecule has 1 saturated carbocycles. The Bertz CT molecular complexity index is 795. The largest absolute Gasteiger partial charge is 0.493 e. The second-order valence-electron chi connectivity index (χ2n) is 7.77. The molecule has 0 radical (unpaired) electrons. The van der Waals surface area contributed by atoms with Crippen LogP contribution in [0.15, 0.2) is 29.3 Å². The topological polar surface area (TPSA) is 79.8 Å². The van der Waals surface area contributed by atoms with Gasteiger partial charge in [-0.25, -0.2) is 8.42 Å². The maximum atomic E-state index is 11.6. The molecule has 8 heteroatoms. The van der Waals surface area contributed by atoms with E-state index in [0.717, 1.165) is 18.1 Å². The highest BCUT2D eigenvalue weighted by molar-refractivity contribution is 14.0. The molecule has 3 aliphatic rings. The van der Waals surface area contributed by atoms with Crippen molar-refractivity contribution in [1.82, 2.24) is 10.6 Å². The molecule has 1 saturated heterocycles. The number of hydrogen-bond acceptors (Lipinski definition) is 4. The molecule has 0 aromatic heterocycles. The zero-order valence-electron chi connectivity index (χ0n) is 15.6. The molecule has 1 aromatic carbocycles. The Morgan fingerprint density at radius 1 is 1.30 bits per heavy atom. The normalized spacial score (nSPS) is 27.2. The monoisotopic (exact) mass is 505 g/mol. The summed E-state index contributed by atoms with van der Waals surface area (Å²) in [5.74, 6) is 2.77. The van der Waals surface area contributed by atoms with E-state index >= 15 is 0 Å². The second-order valence-corrected chi connectivity index (χ2v) is 9.99. The number of para-hydroxylation sites is 1. The van der Waals surface area contributed by atoms with Crippen molar-refractivity contribution in [1.29, 1.82) is 0 Å². The average molecular weight is 505 g/mol. The maximum absolute atomic E-state index is 11.6. The van der Waals surface area contributed by atoms with Gasteiger partial charge in [0.1, 0.15) is 5.75 Å². The number of guanidine groups is 1. The highest BCUT2D eigenvalue weighted by Gasteiger charge is 2.31. The molecule has 1 aliphatic carbocycles. The number of sulfone groups is 1. The van der Waals surface area contributed by atoms with Crippen molar-refractivity contribution in [3.8, 4) is 5.75 Å². The molecule has 3 unspecified atom stereocenters. The Morgan fingerprint density at radius 3 is 2.78 bits per heavy atom. The van der Waals surface area contributed by atoms with Crippen LogP contribution in [0.1, 0.15) is 37.7 Å². The number of halogens is 1. The van der Waals surface area contributed by atoms with E-state index in [9.17, 15) is 8.42 Å². The minimum Gasteiger partial charge on any atom is -0.493 e. The molecular formula is C19H28IN3O3S. The van der Waals surface area contributed by atoms with Crippen molar-refractivity contribution < 1.29 is 13.2 Å². The van der Waals surface area contributed by atoms with Crippen LogP contribution >= 0.6 is 24.0 Å². The lowest BCUT2D eigenvalue weighted by molar-refractivity contribution is 0.312. The summed E-state index contributed by atoms with van der Waals surface area (Å²) in [5.41, 5.74) is 1.24. The summed E-state index contributed by atoms with van der Waals surface area (Å²) in [6, 6.07) is 8.85. The van der Waals surface area contributed by atoms with Gasteiger partial charge in [-0.1, -0.05) is 18.2 Å². The van der Waals surface area contributed by atoms with E-state index in [4.69, 9.17) is 9.73 Å². The highest BCUT2D eigenvalue weighted by atomic mass is 127. The highest BCUT2D eigenvalue weighted by Crippen LogP contribution is 2.35. The molecule has 1 aromatic rings. The Labute approximate surface area is 178 Å². The number of benzene rings is 1. The van der Waals surface area contributed by atoms with Gasteiger partial charge in [-0.15, -0.1) is 24.0 Å². The molecule has 2 fully saturated rings. The van der Waals surface area contributed by atoms with Gasteiger partial charge < -0.3 is 15.4 Å². The van der Waals surface area contributed by atoms with Crippen LogP contribution in [0, 0.1) is 5.92 Å². The molecule has 0 bridgehead atoms. The van der Waals surface area contributed by atoms with Crippen LogP contribution in [0.3, 0.4) is 0 Å². The van der Waals surface area contributed by atoms with E-state index in [2.05, 4.69) is 23.6 Å². The van der Waals surface area contributed by atoms with Gasteiger partial charge in [-0.2, -0.15) is 0 Å². The Morgan fingerprint density at radius 2 is 2.07 bits per heavy atom. The van der Waals surface area contributed by atoms with E-state index in [0.29, 0.717) is 24.9 Å². The summed E-state index contributed by atoms with van der Waals surface area (Å²) in [6.45, 7) is 3.39. The summed E-state index contributed by atoms with van der Waals surface area (Å²) >= 11 is 0. The quantitative estimate of drug-likeness (QED) is 0.365. The van der Waals surface area contributed by atoms with E-state index in [-0.39, 0.29) is 47.6 Å². The van der Waals surface area contributed by atoms with Crippen molar-refractivity contribution in [2.24, 2.45) is 10.9 Å². The molecule has 0 spiro atoms. The zero-order chi connectivity index (χ0) is 18.1. The van der Waals surface area contributed by atoms with E-state index < -0.39 is 9.84 Å². The van der Waals surface area contributed by atoms with Crippen molar-refractivity contribution in [3.05, 3.63) is 29.8 Å². The molecular weight excluding hydrogens is 477 g/mol. The predicted molar refractivity (Wildman–Crippen MR) is 118 cm³/mol. The lowest BCUT2D eigenvalue weighted by Gasteiger charge is -2.23. The summed E-state index contributed by atoms with van der Waals surface area (Å²) < 4.78 is 29.1. The second kappa shape index (κ2) is 8.55. The molecule has 3 atom stereocenters. The van der Waals surface area contributed by atoms with Gasteiger partial charge in [0.2, 0.25) is 0 Å². The van der Waals surface area contributed by atoms with Crippen LogP contribution in [-0.2, 0) is 9.84 Å². The summed E-state index contributed by atoms with van der Waals surface area (Å²) in [7, 11) is -2.85. The Kier molecular flexibility index (Phi) is 6.55. The van der Waals surface area contributed by atoms with Crippen molar-refractivity contribution in [2.45, 2.75) is 44.2 Å². The predicted octanol–water partition coefficient (Wildman–Crippen LogP) is 2.30. The fourth-order valence-corrected chi connectivity index (χ4v) is 5.56. The lowest BCUT2D eigenvalue weighted by Crippen LogP contribution is -2.46. The number of ether oxygens (including phenoxy) is 1. The molecule has 0 amide bonds. The first kappa shape index (κ1) is 20.7. The number of hydrogen-bond donors (Lipinski definition) is 2. The number of nitrogens with one attached hydrogen (secondary N) is 2. The van der Waals surface area contributed by atoms with E-state index in [1.54, 1.807) is 0 Å². The molecule has 2 N–H and O–H groups in total. The van der Waals surface area contributed by atoms with Crippen LogP contribution < -0.4 is 15.4 Å². The Balaban J connectivity index is 0.00000210. The zero-order valence-corrected chi connectivity index (χ0v) is 18.7. The lowest BCUT2D eigenvalue weighted by atomic mass is 9.94. The third kappa shape index (κ3) is 5.28. The summed E-state index contributed by atoms with van der Waals surface area (Å²) in [5, 5.41) is 6.99. The standard InChI is InChI=1S/C19H27N3O3S.HI/c1-13(17-11-25-18-5-3-2-4-16(17)18)21-19(22-15-6-7-15)20-10-14-8-9-26(23,24)12-14;/h2-5,13-15,17H,6-12H2,1H3,(H2,20,21,22);1H. The van der Waals surface area contributed by atoms with Crippen molar-refractivity contribution in [3.63, 3.8) is 0 Å². The summed E-state index contributed by atoms with van der Waals surface area (Å²) in [4.78, 5) is 4.71. The first-order valence-corrected chi connectivity index (χ1v) is 11.3. The Hall–Kier alpha value is -1.03. The van der Waals surface area contributed by atoms with E-state index in [1.165, 1.54) is 18.4 Å². The minimum absolute atomic E-state index is 0. The molecule has 27 heavy (non-hydrogen) atoms. The fraction of sp³-hybridized carbons (Fsp3) is 0.632. The maximum Gasteiger partial charge on any atom is 0.191 e. The van der Waals surface area contributed by atoms with Crippen LogP contribution in [-0.4, -0.2) is 51.1 Å². The van der Waals surface area contributed by atoms with Gasteiger partial charge in [-0.05, 0) is 38.2 Å². The van der Waals surface area contributed by atoms with Gasteiger partial charge >= 0.3 is 0 Å². The van der Waals surface area contributed by atoms with Gasteiger partial charge in [0, 0.05) is 30.1 Å². The molecule has 2 heterocycles. The van der Waals surface area contributed by atoms with Crippen molar-refractivity contribution >= 4 is 39.8 Å². The van der Waals surface area contributed by atoms with Gasteiger partial charge in [0.25, 0.3) is 0 Å². The number of aliphatic imine (C=N–C) groups is 1. The average Bonchev–Trinajstić information content (AvgIpc) is 3.20. The van der Waals surface area contributed by atoms with Crippen molar-refractivity contribution in [2.75, 3.05) is 24.7 Å². The molecule has 150 valence electrons. The van der Waals surface area contributed by atoms with Crippen LogP contribution in [0.4, 0.5) is 0 Å². The molecule has 2 aliphatic heterocycles. The van der Waals surface area contributed by atoms with Gasteiger partial charge in [0.05, 0.1) is 18.1 Å². The summed E-state index contributed by atoms with van der Waals surface area (Å²) in [6.07, 6.45) is 3.06.